The van der Waals surface area contributed by atoms with Crippen LogP contribution in [-0.2, 0) is 27.5 Å². The fourth-order valence-corrected chi connectivity index (χ4v) is 5.47. The molecule has 142 valence electrons. The lowest BCUT2D eigenvalue weighted by atomic mass is 9.81. The van der Waals surface area contributed by atoms with Crippen LogP contribution < -0.4 is 0 Å². The van der Waals surface area contributed by atoms with Gasteiger partial charge in [0.15, 0.2) is 0 Å². The Labute approximate surface area is 166 Å². The lowest BCUT2D eigenvalue weighted by Crippen LogP contribution is -2.42. The highest BCUT2D eigenvalue weighted by Gasteiger charge is 2.48. The van der Waals surface area contributed by atoms with Crippen LogP contribution >= 0.6 is 22.7 Å². The maximum Gasteiger partial charge on any atom is 0.243 e. The zero-order valence-electron chi connectivity index (χ0n) is 15.0. The molecule has 2 aliphatic rings. The van der Waals surface area contributed by atoms with E-state index in [0.717, 1.165) is 35.4 Å². The summed E-state index contributed by atoms with van der Waals surface area (Å²) in [6.45, 7) is 0.858. The molecular formula is C20H22N2O3S2. The van der Waals surface area contributed by atoms with E-state index in [1.54, 1.807) is 27.6 Å². The monoisotopic (exact) mass is 402 g/mol. The smallest absolute Gasteiger partial charge is 0.243 e. The van der Waals surface area contributed by atoms with E-state index in [0.29, 0.717) is 13.1 Å². The number of carbonyl (C=O) groups is 3. The van der Waals surface area contributed by atoms with Crippen molar-refractivity contribution in [3.05, 3.63) is 44.8 Å². The summed E-state index contributed by atoms with van der Waals surface area (Å²) >= 11 is 3.21. The Kier molecular flexibility index (Phi) is 5.41. The van der Waals surface area contributed by atoms with Crippen molar-refractivity contribution in [2.75, 3.05) is 6.54 Å². The second-order valence-electron chi connectivity index (χ2n) is 7.17. The number of imide groups is 1. The van der Waals surface area contributed by atoms with E-state index in [1.807, 2.05) is 35.0 Å². The van der Waals surface area contributed by atoms with Crippen LogP contribution in [-0.4, -0.2) is 34.1 Å². The molecule has 27 heavy (non-hydrogen) atoms. The molecule has 3 amide bonds. The number of fused-ring (bicyclic) bond motifs is 1. The summed E-state index contributed by atoms with van der Waals surface area (Å²) < 4.78 is 0. The van der Waals surface area contributed by atoms with Gasteiger partial charge in [-0.1, -0.05) is 25.0 Å². The lowest BCUT2D eigenvalue weighted by molar-refractivity contribution is -0.147. The summed E-state index contributed by atoms with van der Waals surface area (Å²) in [5, 5.41) is 3.97. The molecule has 1 aliphatic heterocycles. The third kappa shape index (κ3) is 3.84. The maximum absolute atomic E-state index is 13.0. The van der Waals surface area contributed by atoms with Gasteiger partial charge in [0, 0.05) is 9.75 Å². The number of likely N-dealkylation sites (tertiary alicyclic amines) is 1. The fourth-order valence-electron chi connectivity index (χ4n) is 4.04. The third-order valence-corrected chi connectivity index (χ3v) is 7.15. The van der Waals surface area contributed by atoms with Gasteiger partial charge in [0.1, 0.15) is 6.54 Å². The molecule has 5 nitrogen and oxygen atoms in total. The molecule has 2 aromatic rings. The Morgan fingerprint density at radius 2 is 1.48 bits per heavy atom. The summed E-state index contributed by atoms with van der Waals surface area (Å²) in [5.41, 5.74) is 0. The maximum atomic E-state index is 13.0. The summed E-state index contributed by atoms with van der Waals surface area (Å²) in [4.78, 5) is 43.6. The molecule has 0 bridgehead atoms. The quantitative estimate of drug-likeness (QED) is 0.695. The minimum atomic E-state index is -0.206. The van der Waals surface area contributed by atoms with Crippen LogP contribution in [0.4, 0.5) is 0 Å². The van der Waals surface area contributed by atoms with Gasteiger partial charge in [-0.3, -0.25) is 19.3 Å². The fraction of sp³-hybridized carbons (Fsp3) is 0.450. The van der Waals surface area contributed by atoms with Crippen molar-refractivity contribution in [1.29, 1.82) is 0 Å². The molecule has 0 spiro atoms. The van der Waals surface area contributed by atoms with Crippen molar-refractivity contribution in [1.82, 2.24) is 9.80 Å². The first kappa shape index (κ1) is 18.4. The van der Waals surface area contributed by atoms with E-state index in [-0.39, 0.29) is 36.1 Å². The molecular weight excluding hydrogens is 380 g/mol. The first-order chi connectivity index (χ1) is 13.1. The topological polar surface area (TPSA) is 57.7 Å². The molecule has 3 heterocycles. The molecule has 1 saturated carbocycles. The molecule has 2 fully saturated rings. The van der Waals surface area contributed by atoms with Gasteiger partial charge in [-0.05, 0) is 35.7 Å². The van der Waals surface area contributed by atoms with Crippen molar-refractivity contribution in [2.24, 2.45) is 11.8 Å². The molecule has 0 radical (unpaired) electrons. The average molecular weight is 403 g/mol. The first-order valence-electron chi connectivity index (χ1n) is 9.31. The molecule has 2 atom stereocenters. The zero-order valence-corrected chi connectivity index (χ0v) is 16.6. The van der Waals surface area contributed by atoms with Crippen molar-refractivity contribution in [3.8, 4) is 0 Å². The largest absolute Gasteiger partial charge is 0.331 e. The van der Waals surface area contributed by atoms with E-state index in [9.17, 15) is 14.4 Å². The molecule has 1 saturated heterocycles. The summed E-state index contributed by atoms with van der Waals surface area (Å²) in [6.07, 6.45) is 3.53. The van der Waals surface area contributed by atoms with Gasteiger partial charge in [0.2, 0.25) is 17.7 Å². The lowest BCUT2D eigenvalue weighted by Gasteiger charge is -2.24. The van der Waals surface area contributed by atoms with Crippen LogP contribution in [0.25, 0.3) is 0 Å². The van der Waals surface area contributed by atoms with E-state index in [4.69, 9.17) is 0 Å². The van der Waals surface area contributed by atoms with Gasteiger partial charge in [-0.2, -0.15) is 0 Å². The van der Waals surface area contributed by atoms with E-state index in [2.05, 4.69) is 0 Å². The van der Waals surface area contributed by atoms with Crippen molar-refractivity contribution in [2.45, 2.75) is 38.8 Å². The summed E-state index contributed by atoms with van der Waals surface area (Å²) in [6, 6.07) is 7.93. The number of carbonyl (C=O) groups excluding carboxylic acids is 3. The molecule has 0 N–H and O–H groups in total. The predicted octanol–water partition coefficient (Wildman–Crippen LogP) is 3.51. The van der Waals surface area contributed by atoms with Gasteiger partial charge < -0.3 is 4.90 Å². The van der Waals surface area contributed by atoms with Gasteiger partial charge in [-0.15, -0.1) is 22.7 Å². The number of rotatable bonds is 6. The van der Waals surface area contributed by atoms with Gasteiger partial charge >= 0.3 is 0 Å². The zero-order chi connectivity index (χ0) is 18.8. The molecule has 1 aliphatic carbocycles. The molecule has 0 aromatic carbocycles. The van der Waals surface area contributed by atoms with Crippen LogP contribution in [0, 0.1) is 11.8 Å². The van der Waals surface area contributed by atoms with E-state index < -0.39 is 0 Å². The van der Waals surface area contributed by atoms with Crippen LogP contribution in [0.15, 0.2) is 35.0 Å². The second kappa shape index (κ2) is 7.94. The summed E-state index contributed by atoms with van der Waals surface area (Å²) in [7, 11) is 0. The van der Waals surface area contributed by atoms with Gasteiger partial charge in [0.05, 0.1) is 24.9 Å². The highest BCUT2D eigenvalue weighted by atomic mass is 32.1. The number of amides is 3. The van der Waals surface area contributed by atoms with Crippen molar-refractivity contribution in [3.63, 3.8) is 0 Å². The minimum absolute atomic E-state index is 0.137. The van der Waals surface area contributed by atoms with Crippen molar-refractivity contribution < 1.29 is 14.4 Å². The third-order valence-electron chi connectivity index (χ3n) is 5.43. The second-order valence-corrected chi connectivity index (χ2v) is 9.23. The van der Waals surface area contributed by atoms with Crippen molar-refractivity contribution >= 4 is 40.4 Å². The standard InChI is InChI=1S/C20H22N2O3S2/c23-18(13-22-19(24)16-7-1-2-8-17(16)20(22)25)21(11-14-5-3-9-26-14)12-15-6-4-10-27-15/h3-6,9-10,16-17H,1-2,7-8,11-13H2. The van der Waals surface area contributed by atoms with E-state index in [1.165, 1.54) is 4.90 Å². The number of hydrogen-bond donors (Lipinski definition) is 0. The van der Waals surface area contributed by atoms with Crippen LogP contribution in [0.2, 0.25) is 0 Å². The Bertz CT molecular complexity index is 756. The highest BCUT2D eigenvalue weighted by molar-refractivity contribution is 7.10. The van der Waals surface area contributed by atoms with Gasteiger partial charge in [-0.25, -0.2) is 0 Å². The molecule has 2 unspecified atom stereocenters. The SMILES string of the molecule is O=C(CN1C(=O)C2CCCCC2C1=O)N(Cc1cccs1)Cc1cccs1. The number of hydrogen-bond acceptors (Lipinski definition) is 5. The van der Waals surface area contributed by atoms with Crippen LogP contribution in [0.3, 0.4) is 0 Å². The molecule has 7 heteroatoms. The Balaban J connectivity index is 1.49. The number of thiophene rings is 2. The molecule has 2 aromatic heterocycles. The van der Waals surface area contributed by atoms with Gasteiger partial charge in [0.25, 0.3) is 0 Å². The Morgan fingerprint density at radius 1 is 0.963 bits per heavy atom. The summed E-state index contributed by atoms with van der Waals surface area (Å²) in [5.74, 6) is -0.878. The Hall–Kier alpha value is -1.99. The highest BCUT2D eigenvalue weighted by Crippen LogP contribution is 2.38. The minimum Gasteiger partial charge on any atom is -0.331 e. The van der Waals surface area contributed by atoms with Crippen LogP contribution in [0.5, 0.6) is 0 Å². The first-order valence-corrected chi connectivity index (χ1v) is 11.1. The predicted molar refractivity (Wildman–Crippen MR) is 105 cm³/mol. The molecule has 4 rings (SSSR count). The van der Waals surface area contributed by atoms with E-state index >= 15 is 0 Å². The number of nitrogens with zero attached hydrogens (tertiary/aromatic N) is 2. The average Bonchev–Trinajstić information content (AvgIpc) is 3.41. The normalized spacial score (nSPS) is 22.1. The van der Waals surface area contributed by atoms with Crippen LogP contribution in [0.1, 0.15) is 35.4 Å². The Morgan fingerprint density at radius 3 is 1.93 bits per heavy atom.